The largest absolute Gasteiger partial charge is 0.487 e. The molecule has 0 bridgehead atoms. The maximum absolute atomic E-state index is 13.4. The van der Waals surface area contributed by atoms with Gasteiger partial charge in [0.1, 0.15) is 24.6 Å². The Morgan fingerprint density at radius 1 is 1.08 bits per heavy atom. The van der Waals surface area contributed by atoms with Crippen LogP contribution in [0.3, 0.4) is 0 Å². The molecule has 2 saturated heterocycles. The third-order valence-electron chi connectivity index (χ3n) is 9.13. The van der Waals surface area contributed by atoms with Crippen molar-refractivity contribution in [1.82, 2.24) is 29.2 Å². The lowest BCUT2D eigenvalue weighted by atomic mass is 9.96. The molecule has 0 N–H and O–H groups in total. The van der Waals surface area contributed by atoms with E-state index < -0.39 is 12.3 Å². The maximum Gasteiger partial charge on any atom is 0.338 e. The fourth-order valence-electron chi connectivity index (χ4n) is 6.71. The normalized spacial score (nSPS) is 18.7. The van der Waals surface area contributed by atoms with Crippen LogP contribution in [0.4, 0.5) is 4.39 Å². The zero-order chi connectivity index (χ0) is 33.3. The van der Waals surface area contributed by atoms with E-state index in [0.29, 0.717) is 25.3 Å². The van der Waals surface area contributed by atoms with Crippen LogP contribution in [0.1, 0.15) is 79.7 Å². The Hall–Kier alpha value is -4.35. The fraction of sp³-hybridized carbons (Fsp3) is 0.459. The quantitative estimate of drug-likeness (QED) is 0.144. The summed E-state index contributed by atoms with van der Waals surface area (Å²) in [4.78, 5) is 25.5. The van der Waals surface area contributed by atoms with Gasteiger partial charge in [-0.15, -0.1) is 0 Å². The number of ether oxygens (including phenoxy) is 3. The number of rotatable bonds is 11. The van der Waals surface area contributed by atoms with Crippen LogP contribution in [0.15, 0.2) is 61.2 Å². The summed E-state index contributed by atoms with van der Waals surface area (Å²) >= 11 is 0. The summed E-state index contributed by atoms with van der Waals surface area (Å²) in [5, 5.41) is 5.29. The van der Waals surface area contributed by atoms with Gasteiger partial charge in [-0.05, 0) is 88.0 Å². The lowest BCUT2D eigenvalue weighted by Gasteiger charge is -2.36. The number of nitrogens with zero attached hydrogens (tertiary/aromatic N) is 6. The van der Waals surface area contributed by atoms with Crippen molar-refractivity contribution in [2.75, 3.05) is 19.8 Å². The fourth-order valence-corrected chi connectivity index (χ4v) is 6.71. The lowest BCUT2D eigenvalue weighted by molar-refractivity contribution is -0.0586. The molecule has 2 aromatic carbocycles. The minimum atomic E-state index is -0.610. The van der Waals surface area contributed by atoms with Gasteiger partial charge < -0.3 is 18.8 Å². The van der Waals surface area contributed by atoms with Gasteiger partial charge in [0, 0.05) is 24.7 Å². The van der Waals surface area contributed by atoms with Crippen molar-refractivity contribution in [2.24, 2.45) is 0 Å². The average Bonchev–Trinajstić information content (AvgIpc) is 3.65. The first-order valence-electron chi connectivity index (χ1n) is 16.9. The number of carbonyl (C=O) groups is 1. The molecule has 2 atom stereocenters. The Morgan fingerprint density at radius 3 is 2.75 bits per heavy atom. The number of aryl methyl sites for hydroxylation is 1. The highest BCUT2D eigenvalue weighted by molar-refractivity contribution is 5.95. The molecule has 2 aliphatic rings. The zero-order valence-corrected chi connectivity index (χ0v) is 27.9. The van der Waals surface area contributed by atoms with Crippen molar-refractivity contribution < 1.29 is 23.4 Å². The predicted octanol–water partition coefficient (Wildman–Crippen LogP) is 6.80. The van der Waals surface area contributed by atoms with Gasteiger partial charge in [0.15, 0.2) is 0 Å². The van der Waals surface area contributed by atoms with E-state index in [1.807, 2.05) is 75.8 Å². The molecule has 5 aromatic rings. The number of hydrogen-bond acceptors (Lipinski definition) is 8. The molecule has 0 radical (unpaired) electrons. The number of imidazole rings is 1. The van der Waals surface area contributed by atoms with Gasteiger partial charge in [0.05, 0.1) is 65.6 Å². The van der Waals surface area contributed by atoms with E-state index in [-0.39, 0.29) is 24.7 Å². The van der Waals surface area contributed by atoms with Crippen molar-refractivity contribution in [3.05, 3.63) is 83.6 Å². The second kappa shape index (κ2) is 13.6. The Balaban J connectivity index is 1.16. The molecular formula is C37H43FN6O4. The van der Waals surface area contributed by atoms with E-state index in [9.17, 15) is 9.18 Å². The molecule has 0 aliphatic carbocycles. The van der Waals surface area contributed by atoms with Crippen LogP contribution in [0.2, 0.25) is 0 Å². The second-order valence-corrected chi connectivity index (χ2v) is 13.8. The summed E-state index contributed by atoms with van der Waals surface area (Å²) in [6, 6.07) is 13.8. The molecule has 2 aliphatic heterocycles. The van der Waals surface area contributed by atoms with Crippen LogP contribution >= 0.6 is 0 Å². The second-order valence-electron chi connectivity index (χ2n) is 13.8. The number of alkyl halides is 1. The Bertz CT molecular complexity index is 1910. The molecule has 2 fully saturated rings. The first kappa shape index (κ1) is 32.2. The number of benzene rings is 2. The first-order chi connectivity index (χ1) is 23.3. The number of esters is 1. The van der Waals surface area contributed by atoms with Crippen LogP contribution in [0.25, 0.3) is 21.9 Å². The number of likely N-dealkylation sites (tertiary alicyclic amines) is 1. The summed E-state index contributed by atoms with van der Waals surface area (Å²) < 4.78 is 34.8. The van der Waals surface area contributed by atoms with Gasteiger partial charge >= 0.3 is 5.97 Å². The molecule has 252 valence electrons. The number of halogens is 1. The summed E-state index contributed by atoms with van der Waals surface area (Å²) in [5.41, 5.74) is 5.43. The molecule has 3 aromatic heterocycles. The van der Waals surface area contributed by atoms with Crippen molar-refractivity contribution in [1.29, 1.82) is 0 Å². The molecule has 0 saturated carbocycles. The maximum atomic E-state index is 13.4. The number of hydrogen-bond donors (Lipinski definition) is 0. The van der Waals surface area contributed by atoms with Gasteiger partial charge in [-0.2, -0.15) is 5.10 Å². The number of pyridine rings is 1. The van der Waals surface area contributed by atoms with E-state index in [1.54, 1.807) is 10.9 Å². The summed E-state index contributed by atoms with van der Waals surface area (Å²) in [6.45, 7) is 8.70. The first-order valence-corrected chi connectivity index (χ1v) is 16.9. The zero-order valence-electron chi connectivity index (χ0n) is 27.9. The topological polar surface area (TPSA) is 96.5 Å². The molecular weight excluding hydrogens is 611 g/mol. The van der Waals surface area contributed by atoms with Crippen LogP contribution in [-0.2, 0) is 35.7 Å². The Kier molecular flexibility index (Phi) is 9.15. The Labute approximate surface area is 279 Å². The third kappa shape index (κ3) is 6.93. The minimum Gasteiger partial charge on any atom is -0.487 e. The molecule has 11 heteroatoms. The minimum absolute atomic E-state index is 0.0223. The van der Waals surface area contributed by atoms with Crippen molar-refractivity contribution >= 4 is 27.9 Å². The summed E-state index contributed by atoms with van der Waals surface area (Å²) in [7, 11) is 0. The van der Waals surface area contributed by atoms with Gasteiger partial charge in [0.2, 0.25) is 0 Å². The third-order valence-corrected chi connectivity index (χ3v) is 9.13. The van der Waals surface area contributed by atoms with E-state index in [4.69, 9.17) is 24.2 Å². The van der Waals surface area contributed by atoms with Crippen molar-refractivity contribution in [2.45, 2.75) is 90.4 Å². The van der Waals surface area contributed by atoms with Crippen LogP contribution in [-0.4, -0.2) is 66.7 Å². The highest BCUT2D eigenvalue weighted by Crippen LogP contribution is 2.37. The van der Waals surface area contributed by atoms with Crippen molar-refractivity contribution in [3.63, 3.8) is 0 Å². The standard InChI is InChI=1S/C37H43FN6O4/c1-37(2,3)48-36(45)27-18-28(34-32(19-27)43(24-40-34)22-29-11-16-46-29)21-42-14-5-4-7-30(42)35-33(8-6-13-39-35)47-23-25-9-10-26-20-41-44(15-12-38)31(26)17-25/h6,8-10,13,17-20,24,29-30H,4-5,7,11-12,14-16,21-23H2,1-3H3. The van der Waals surface area contributed by atoms with Gasteiger partial charge in [-0.25, -0.2) is 14.2 Å². The highest BCUT2D eigenvalue weighted by Gasteiger charge is 2.30. The molecule has 2 unspecified atom stereocenters. The van der Waals surface area contributed by atoms with E-state index in [1.165, 1.54) is 0 Å². The molecule has 5 heterocycles. The highest BCUT2D eigenvalue weighted by atomic mass is 19.1. The van der Waals surface area contributed by atoms with Crippen molar-refractivity contribution in [3.8, 4) is 5.75 Å². The number of piperidine rings is 1. The summed E-state index contributed by atoms with van der Waals surface area (Å²) in [5.74, 6) is 0.393. The van der Waals surface area contributed by atoms with Gasteiger partial charge in [-0.1, -0.05) is 18.6 Å². The molecule has 0 amide bonds. The Morgan fingerprint density at radius 2 is 1.96 bits per heavy atom. The smallest absolute Gasteiger partial charge is 0.338 e. The van der Waals surface area contributed by atoms with Gasteiger partial charge in [-0.3, -0.25) is 14.6 Å². The SMILES string of the molecule is CC(C)(C)OC(=O)c1cc(CN2CCCCC2c2ncccc2OCc2ccc3cnn(CCF)c3c2)c2ncn(CC3CCO3)c2c1. The number of fused-ring (bicyclic) bond motifs is 2. The molecule has 48 heavy (non-hydrogen) atoms. The monoisotopic (exact) mass is 654 g/mol. The molecule has 7 rings (SSSR count). The van der Waals surface area contributed by atoms with E-state index in [2.05, 4.69) is 14.6 Å². The predicted molar refractivity (Wildman–Crippen MR) is 181 cm³/mol. The van der Waals surface area contributed by atoms with Crippen LogP contribution < -0.4 is 4.74 Å². The number of carbonyl (C=O) groups excluding carboxylic acids is 1. The van der Waals surface area contributed by atoms with E-state index in [0.717, 1.165) is 83.3 Å². The van der Waals surface area contributed by atoms with Crippen LogP contribution in [0, 0.1) is 0 Å². The molecule has 10 nitrogen and oxygen atoms in total. The average molecular weight is 655 g/mol. The summed E-state index contributed by atoms with van der Waals surface area (Å²) in [6.07, 6.45) is 9.69. The number of aromatic nitrogens is 5. The van der Waals surface area contributed by atoms with Crippen LogP contribution in [0.5, 0.6) is 5.75 Å². The lowest BCUT2D eigenvalue weighted by Crippen LogP contribution is -2.34. The van der Waals surface area contributed by atoms with E-state index >= 15 is 0 Å². The van der Waals surface area contributed by atoms with Gasteiger partial charge in [0.25, 0.3) is 0 Å². The molecule has 0 spiro atoms.